The molecule has 2 nitrogen and oxygen atoms in total. The van der Waals surface area contributed by atoms with E-state index in [4.69, 9.17) is 0 Å². The van der Waals surface area contributed by atoms with E-state index in [1.54, 1.807) is 30.3 Å². The van der Waals surface area contributed by atoms with E-state index >= 15 is 0 Å². The van der Waals surface area contributed by atoms with E-state index in [9.17, 15) is 13.6 Å². The van der Waals surface area contributed by atoms with Crippen LogP contribution in [0.25, 0.3) is 0 Å². The molecule has 1 aromatic carbocycles. The van der Waals surface area contributed by atoms with E-state index in [0.29, 0.717) is 5.56 Å². The normalized spacial score (nSPS) is 24.8. The first-order chi connectivity index (χ1) is 6.12. The maximum Gasteiger partial charge on any atom is 0.348 e. The number of hydrogen-bond acceptors (Lipinski definition) is 1. The topological polar surface area (TPSA) is 29.1 Å². The van der Waals surface area contributed by atoms with Crippen LogP contribution in [0.3, 0.4) is 0 Å². The van der Waals surface area contributed by atoms with Gasteiger partial charge in [0.1, 0.15) is 6.04 Å². The van der Waals surface area contributed by atoms with Crippen molar-refractivity contribution < 1.29 is 13.6 Å². The Hall–Kier alpha value is -1.45. The summed E-state index contributed by atoms with van der Waals surface area (Å²) in [5.74, 6) is -4.44. The van der Waals surface area contributed by atoms with Gasteiger partial charge < -0.3 is 5.32 Å². The fraction of sp³-hybridized carbons (Fsp3) is 0.222. The van der Waals surface area contributed by atoms with Crippen molar-refractivity contribution in [1.82, 2.24) is 5.32 Å². The SMILES string of the molecule is O=C1NC(c2ccccc2)C1(F)F. The Labute approximate surface area is 73.6 Å². The fourth-order valence-corrected chi connectivity index (χ4v) is 1.31. The van der Waals surface area contributed by atoms with E-state index in [2.05, 4.69) is 5.32 Å². The second-order valence-corrected chi connectivity index (χ2v) is 2.94. The first-order valence-corrected chi connectivity index (χ1v) is 3.86. The van der Waals surface area contributed by atoms with Gasteiger partial charge in [0.2, 0.25) is 0 Å². The summed E-state index contributed by atoms with van der Waals surface area (Å²) in [6, 6.07) is 7.05. The molecule has 1 N–H and O–H groups in total. The van der Waals surface area contributed by atoms with E-state index in [1.165, 1.54) is 0 Å². The molecule has 0 bridgehead atoms. The summed E-state index contributed by atoms with van der Waals surface area (Å²) in [5.41, 5.74) is 0.437. The third kappa shape index (κ3) is 1.09. The van der Waals surface area contributed by atoms with Gasteiger partial charge in [0.15, 0.2) is 0 Å². The lowest BCUT2D eigenvalue weighted by molar-refractivity contribution is -0.171. The first kappa shape index (κ1) is 8.16. The summed E-state index contributed by atoms with van der Waals surface area (Å²) < 4.78 is 25.7. The van der Waals surface area contributed by atoms with Gasteiger partial charge in [-0.05, 0) is 5.56 Å². The van der Waals surface area contributed by atoms with E-state index in [1.807, 2.05) is 0 Å². The van der Waals surface area contributed by atoms with Gasteiger partial charge in [0.25, 0.3) is 5.91 Å². The third-order valence-corrected chi connectivity index (χ3v) is 2.07. The maximum atomic E-state index is 12.9. The molecule has 0 aliphatic carbocycles. The molecule has 13 heavy (non-hydrogen) atoms. The number of hydrogen-bond donors (Lipinski definition) is 1. The summed E-state index contributed by atoms with van der Waals surface area (Å²) in [4.78, 5) is 10.5. The van der Waals surface area contributed by atoms with Crippen molar-refractivity contribution in [2.24, 2.45) is 0 Å². The zero-order valence-corrected chi connectivity index (χ0v) is 6.63. The molecule has 1 unspecified atom stereocenters. The monoisotopic (exact) mass is 183 g/mol. The predicted octanol–water partition coefficient (Wildman–Crippen LogP) is 1.49. The molecule has 1 heterocycles. The number of alkyl halides is 2. The van der Waals surface area contributed by atoms with Gasteiger partial charge in [-0.15, -0.1) is 0 Å². The van der Waals surface area contributed by atoms with Crippen molar-refractivity contribution in [1.29, 1.82) is 0 Å². The number of carbonyl (C=O) groups is 1. The van der Waals surface area contributed by atoms with Crippen molar-refractivity contribution >= 4 is 5.91 Å². The van der Waals surface area contributed by atoms with Crippen LogP contribution in [-0.2, 0) is 4.79 Å². The highest BCUT2D eigenvalue weighted by Crippen LogP contribution is 2.38. The summed E-state index contributed by atoms with van der Waals surface area (Å²) >= 11 is 0. The third-order valence-electron chi connectivity index (χ3n) is 2.07. The lowest BCUT2D eigenvalue weighted by atomic mass is 9.93. The van der Waals surface area contributed by atoms with Crippen LogP contribution in [0.1, 0.15) is 11.6 Å². The Morgan fingerprint density at radius 1 is 1.23 bits per heavy atom. The van der Waals surface area contributed by atoms with Crippen LogP contribution in [0.4, 0.5) is 8.78 Å². The second-order valence-electron chi connectivity index (χ2n) is 2.94. The molecule has 1 saturated heterocycles. The Morgan fingerprint density at radius 2 is 1.85 bits per heavy atom. The number of amides is 1. The first-order valence-electron chi connectivity index (χ1n) is 3.86. The highest BCUT2D eigenvalue weighted by molar-refractivity contribution is 5.91. The zero-order valence-electron chi connectivity index (χ0n) is 6.63. The number of carbonyl (C=O) groups excluding carboxylic acids is 1. The Balaban J connectivity index is 2.27. The van der Waals surface area contributed by atoms with Crippen LogP contribution in [0, 0.1) is 0 Å². The van der Waals surface area contributed by atoms with Crippen LogP contribution in [-0.4, -0.2) is 11.8 Å². The van der Waals surface area contributed by atoms with Crippen molar-refractivity contribution in [2.45, 2.75) is 12.0 Å². The average molecular weight is 183 g/mol. The van der Waals surface area contributed by atoms with Gasteiger partial charge in [-0.1, -0.05) is 30.3 Å². The molecule has 1 amide bonds. The molecule has 4 heteroatoms. The smallest absolute Gasteiger partial charge is 0.337 e. The highest BCUT2D eigenvalue weighted by atomic mass is 19.3. The standard InChI is InChI=1S/C9H7F2NO/c10-9(11)7(12-8(9)13)6-4-2-1-3-5-6/h1-5,7H,(H,12,13). The molecule has 1 aliphatic heterocycles. The van der Waals surface area contributed by atoms with Crippen LogP contribution in [0.5, 0.6) is 0 Å². The van der Waals surface area contributed by atoms with E-state index in [0.717, 1.165) is 0 Å². The van der Waals surface area contributed by atoms with Gasteiger partial charge in [-0.25, -0.2) is 0 Å². The summed E-state index contributed by atoms with van der Waals surface area (Å²) in [5, 5.41) is 2.16. The minimum atomic E-state index is -3.25. The lowest BCUT2D eigenvalue weighted by Gasteiger charge is -2.36. The summed E-state index contributed by atoms with van der Waals surface area (Å²) in [7, 11) is 0. The minimum absolute atomic E-state index is 0.437. The van der Waals surface area contributed by atoms with Gasteiger partial charge in [0.05, 0.1) is 0 Å². The van der Waals surface area contributed by atoms with E-state index < -0.39 is 17.9 Å². The predicted molar refractivity (Wildman–Crippen MR) is 42.3 cm³/mol. The number of benzene rings is 1. The molecule has 0 spiro atoms. The number of rotatable bonds is 1. The molecule has 68 valence electrons. The molecule has 2 rings (SSSR count). The van der Waals surface area contributed by atoms with Crippen LogP contribution < -0.4 is 5.32 Å². The van der Waals surface area contributed by atoms with Crippen LogP contribution in [0.15, 0.2) is 30.3 Å². The van der Waals surface area contributed by atoms with E-state index in [-0.39, 0.29) is 0 Å². The molecule has 1 aromatic rings. The largest absolute Gasteiger partial charge is 0.348 e. The van der Waals surface area contributed by atoms with Crippen molar-refractivity contribution in [3.63, 3.8) is 0 Å². The molecule has 1 atom stereocenters. The van der Waals surface area contributed by atoms with Gasteiger partial charge in [-0.3, -0.25) is 4.79 Å². The Kier molecular flexibility index (Phi) is 1.58. The maximum absolute atomic E-state index is 12.9. The number of halogens is 2. The molecule has 1 aliphatic rings. The molecular weight excluding hydrogens is 176 g/mol. The highest BCUT2D eigenvalue weighted by Gasteiger charge is 2.58. The quantitative estimate of drug-likeness (QED) is 0.656. The molecule has 0 saturated carbocycles. The number of β-lactam (4-membered cyclic amide) rings is 1. The van der Waals surface area contributed by atoms with Gasteiger partial charge >= 0.3 is 5.92 Å². The van der Waals surface area contributed by atoms with Crippen molar-refractivity contribution in [2.75, 3.05) is 0 Å². The Bertz CT molecular complexity index is 337. The van der Waals surface area contributed by atoms with Crippen LogP contribution in [0.2, 0.25) is 0 Å². The minimum Gasteiger partial charge on any atom is -0.337 e. The summed E-state index contributed by atoms with van der Waals surface area (Å²) in [6.45, 7) is 0. The summed E-state index contributed by atoms with van der Waals surface area (Å²) in [6.07, 6.45) is 0. The average Bonchev–Trinajstić information content (AvgIpc) is 2.15. The molecule has 0 aromatic heterocycles. The van der Waals surface area contributed by atoms with Crippen molar-refractivity contribution in [3.05, 3.63) is 35.9 Å². The molecular formula is C9H7F2NO. The fourth-order valence-electron chi connectivity index (χ4n) is 1.31. The molecule has 1 fully saturated rings. The number of nitrogens with one attached hydrogen (secondary N) is 1. The second kappa shape index (κ2) is 2.52. The van der Waals surface area contributed by atoms with Gasteiger partial charge in [-0.2, -0.15) is 8.78 Å². The molecule has 0 radical (unpaired) electrons. The van der Waals surface area contributed by atoms with Gasteiger partial charge in [0, 0.05) is 0 Å². The van der Waals surface area contributed by atoms with Crippen LogP contribution >= 0.6 is 0 Å². The lowest BCUT2D eigenvalue weighted by Crippen LogP contribution is -2.61. The Morgan fingerprint density at radius 3 is 2.31 bits per heavy atom. The van der Waals surface area contributed by atoms with Crippen molar-refractivity contribution in [3.8, 4) is 0 Å². The zero-order chi connectivity index (χ0) is 9.47.